The molecule has 5 nitrogen and oxygen atoms in total. The third-order valence-electron chi connectivity index (χ3n) is 4.26. The van der Waals surface area contributed by atoms with Crippen molar-refractivity contribution in [3.05, 3.63) is 28.6 Å². The first kappa shape index (κ1) is 15.9. The number of benzene rings is 1. The lowest BCUT2D eigenvalue weighted by molar-refractivity contribution is -0.141. The number of aryl methyl sites for hydroxylation is 1. The second-order valence-corrected chi connectivity index (χ2v) is 6.96. The number of aromatic nitrogens is 1. The highest BCUT2D eigenvalue weighted by Crippen LogP contribution is 2.26. The lowest BCUT2D eigenvalue weighted by Crippen LogP contribution is -2.23. The van der Waals surface area contributed by atoms with Crippen LogP contribution in [0.4, 0.5) is 0 Å². The summed E-state index contributed by atoms with van der Waals surface area (Å²) < 4.78 is 7.57. The highest BCUT2D eigenvalue weighted by molar-refractivity contribution is 7.16. The number of fused-ring (bicyclic) bond motifs is 1. The van der Waals surface area contributed by atoms with Crippen molar-refractivity contribution in [2.45, 2.75) is 39.2 Å². The molecular formula is C17H20N2O3S. The maximum atomic E-state index is 12.4. The van der Waals surface area contributed by atoms with Crippen LogP contribution in [0, 0.1) is 12.8 Å². The van der Waals surface area contributed by atoms with Crippen molar-refractivity contribution >= 4 is 33.4 Å². The van der Waals surface area contributed by atoms with E-state index in [1.54, 1.807) is 4.57 Å². The van der Waals surface area contributed by atoms with E-state index in [0.29, 0.717) is 4.80 Å². The largest absolute Gasteiger partial charge is 0.468 e. The number of esters is 1. The van der Waals surface area contributed by atoms with Crippen LogP contribution in [0.3, 0.4) is 0 Å². The number of hydrogen-bond acceptors (Lipinski definition) is 4. The Kier molecular flexibility index (Phi) is 4.61. The van der Waals surface area contributed by atoms with E-state index in [1.807, 2.05) is 25.1 Å². The van der Waals surface area contributed by atoms with Crippen LogP contribution in [-0.2, 0) is 20.9 Å². The molecule has 0 unspecified atom stereocenters. The summed E-state index contributed by atoms with van der Waals surface area (Å²) in [5.74, 6) is -0.377. The summed E-state index contributed by atoms with van der Waals surface area (Å²) in [6, 6.07) is 6.00. The first-order valence-electron chi connectivity index (χ1n) is 7.84. The van der Waals surface area contributed by atoms with Gasteiger partial charge in [0.05, 0.1) is 17.3 Å². The zero-order chi connectivity index (χ0) is 16.4. The molecule has 23 heavy (non-hydrogen) atoms. The van der Waals surface area contributed by atoms with E-state index in [-0.39, 0.29) is 24.3 Å². The summed E-state index contributed by atoms with van der Waals surface area (Å²) in [7, 11) is 1.36. The summed E-state index contributed by atoms with van der Waals surface area (Å²) in [4.78, 5) is 29.0. The molecule has 1 aliphatic carbocycles. The fraction of sp³-hybridized carbons (Fsp3) is 0.471. The molecule has 122 valence electrons. The molecule has 2 aromatic rings. The van der Waals surface area contributed by atoms with E-state index < -0.39 is 0 Å². The van der Waals surface area contributed by atoms with Gasteiger partial charge in [-0.2, -0.15) is 4.99 Å². The van der Waals surface area contributed by atoms with Crippen molar-refractivity contribution in [1.82, 2.24) is 4.57 Å². The van der Waals surface area contributed by atoms with E-state index >= 15 is 0 Å². The van der Waals surface area contributed by atoms with Gasteiger partial charge in [0.1, 0.15) is 6.54 Å². The molecule has 0 saturated heterocycles. The van der Waals surface area contributed by atoms with Crippen LogP contribution < -0.4 is 4.80 Å². The van der Waals surface area contributed by atoms with Crippen molar-refractivity contribution in [3.8, 4) is 0 Å². The summed E-state index contributed by atoms with van der Waals surface area (Å²) >= 11 is 1.45. The number of carbonyl (C=O) groups is 2. The third kappa shape index (κ3) is 3.37. The molecule has 1 aromatic carbocycles. The quantitative estimate of drug-likeness (QED) is 0.812. The molecular weight excluding hydrogens is 312 g/mol. The van der Waals surface area contributed by atoms with Crippen molar-refractivity contribution in [1.29, 1.82) is 0 Å². The van der Waals surface area contributed by atoms with E-state index in [1.165, 1.54) is 18.4 Å². The molecule has 0 bridgehead atoms. The molecule has 0 aliphatic heterocycles. The second-order valence-electron chi connectivity index (χ2n) is 5.95. The standard InChI is InChI=1S/C17H20N2O3S/c1-11-7-8-13-14(9-11)23-17(19(13)10-15(20)22-2)18-16(21)12-5-3-4-6-12/h7-9,12H,3-6,10H2,1-2H3. The monoisotopic (exact) mass is 332 g/mol. The minimum Gasteiger partial charge on any atom is -0.468 e. The summed E-state index contributed by atoms with van der Waals surface area (Å²) in [6.07, 6.45) is 4.03. The van der Waals surface area contributed by atoms with Crippen LogP contribution in [0.5, 0.6) is 0 Å². The number of nitrogens with zero attached hydrogens (tertiary/aromatic N) is 2. The molecule has 1 heterocycles. The maximum Gasteiger partial charge on any atom is 0.325 e. The molecule has 0 radical (unpaired) electrons. The molecule has 0 atom stereocenters. The van der Waals surface area contributed by atoms with E-state index in [2.05, 4.69) is 4.99 Å². The fourth-order valence-corrected chi connectivity index (χ4v) is 4.10. The Balaban J connectivity index is 2.08. The molecule has 1 aromatic heterocycles. The molecule has 1 aliphatic rings. The first-order chi connectivity index (χ1) is 11.1. The molecule has 1 saturated carbocycles. The SMILES string of the molecule is COC(=O)Cn1c(=NC(=O)C2CCCC2)sc2cc(C)ccc21. The zero-order valence-electron chi connectivity index (χ0n) is 13.4. The Labute approximate surface area is 138 Å². The Bertz CT molecular complexity index is 813. The number of ether oxygens (including phenoxy) is 1. The van der Waals surface area contributed by atoms with E-state index in [4.69, 9.17) is 4.74 Å². The van der Waals surface area contributed by atoms with Crippen molar-refractivity contribution in [3.63, 3.8) is 0 Å². The molecule has 6 heteroatoms. The van der Waals surface area contributed by atoms with Crippen LogP contribution in [-0.4, -0.2) is 23.6 Å². The molecule has 0 N–H and O–H groups in total. The maximum absolute atomic E-state index is 12.4. The second kappa shape index (κ2) is 6.66. The van der Waals surface area contributed by atoms with Crippen molar-refractivity contribution in [2.75, 3.05) is 7.11 Å². The fourth-order valence-electron chi connectivity index (χ4n) is 2.97. The van der Waals surface area contributed by atoms with E-state index in [0.717, 1.165) is 41.5 Å². The van der Waals surface area contributed by atoms with Gasteiger partial charge in [-0.3, -0.25) is 9.59 Å². The summed E-state index contributed by atoms with van der Waals surface area (Å²) in [6.45, 7) is 2.08. The van der Waals surface area contributed by atoms with Crippen LogP contribution >= 0.6 is 11.3 Å². The topological polar surface area (TPSA) is 60.7 Å². The average Bonchev–Trinajstić information content (AvgIpc) is 3.16. The van der Waals surface area contributed by atoms with Gasteiger partial charge in [-0.1, -0.05) is 30.2 Å². The van der Waals surface area contributed by atoms with Gasteiger partial charge in [0.25, 0.3) is 5.91 Å². The smallest absolute Gasteiger partial charge is 0.325 e. The Hall–Kier alpha value is -1.95. The van der Waals surface area contributed by atoms with E-state index in [9.17, 15) is 9.59 Å². The van der Waals surface area contributed by atoms with Gasteiger partial charge in [-0.15, -0.1) is 0 Å². The van der Waals surface area contributed by atoms with Gasteiger partial charge >= 0.3 is 5.97 Å². The van der Waals surface area contributed by atoms with Crippen LogP contribution in [0.2, 0.25) is 0 Å². The lowest BCUT2D eigenvalue weighted by Gasteiger charge is -2.05. The number of hydrogen-bond donors (Lipinski definition) is 0. The Morgan fingerprint density at radius 1 is 1.35 bits per heavy atom. The van der Waals surface area contributed by atoms with Crippen LogP contribution in [0.15, 0.2) is 23.2 Å². The normalized spacial score (nSPS) is 16.2. The molecule has 3 rings (SSSR count). The molecule has 1 fully saturated rings. The molecule has 0 spiro atoms. The lowest BCUT2D eigenvalue weighted by atomic mass is 10.1. The van der Waals surface area contributed by atoms with Crippen LogP contribution in [0.1, 0.15) is 31.2 Å². The van der Waals surface area contributed by atoms with Gasteiger partial charge in [0.2, 0.25) is 0 Å². The Morgan fingerprint density at radius 2 is 2.09 bits per heavy atom. The summed E-state index contributed by atoms with van der Waals surface area (Å²) in [5, 5.41) is 0. The zero-order valence-corrected chi connectivity index (χ0v) is 14.2. The van der Waals surface area contributed by atoms with Gasteiger partial charge in [0, 0.05) is 5.92 Å². The van der Waals surface area contributed by atoms with Crippen molar-refractivity contribution in [2.24, 2.45) is 10.9 Å². The number of rotatable bonds is 3. The van der Waals surface area contributed by atoms with Gasteiger partial charge in [0.15, 0.2) is 4.80 Å². The highest BCUT2D eigenvalue weighted by atomic mass is 32.1. The van der Waals surface area contributed by atoms with Crippen molar-refractivity contribution < 1.29 is 14.3 Å². The average molecular weight is 332 g/mol. The predicted molar refractivity (Wildman–Crippen MR) is 89.1 cm³/mol. The summed E-state index contributed by atoms with van der Waals surface area (Å²) in [5.41, 5.74) is 2.04. The Morgan fingerprint density at radius 3 is 2.78 bits per heavy atom. The number of amides is 1. The number of methoxy groups -OCH3 is 1. The van der Waals surface area contributed by atoms with Gasteiger partial charge in [-0.05, 0) is 37.5 Å². The molecule has 1 amide bonds. The number of carbonyl (C=O) groups excluding carboxylic acids is 2. The number of thiazole rings is 1. The predicted octanol–water partition coefficient (Wildman–Crippen LogP) is 2.80. The third-order valence-corrected chi connectivity index (χ3v) is 5.30. The van der Waals surface area contributed by atoms with Gasteiger partial charge in [-0.25, -0.2) is 0 Å². The van der Waals surface area contributed by atoms with Crippen LogP contribution in [0.25, 0.3) is 10.2 Å². The minimum absolute atomic E-state index is 0.0357. The first-order valence-corrected chi connectivity index (χ1v) is 8.65. The van der Waals surface area contributed by atoms with Gasteiger partial charge < -0.3 is 9.30 Å². The minimum atomic E-state index is -0.347. The highest BCUT2D eigenvalue weighted by Gasteiger charge is 2.22.